The number of fused-ring (bicyclic) bond motifs is 1. The second kappa shape index (κ2) is 5.02. The van der Waals surface area contributed by atoms with E-state index in [1.54, 1.807) is 0 Å². The van der Waals surface area contributed by atoms with Crippen molar-refractivity contribution in [2.24, 2.45) is 5.92 Å². The molecular formula is C14H22N2O2. The van der Waals surface area contributed by atoms with Gasteiger partial charge in [-0.05, 0) is 26.3 Å². The maximum atomic E-state index is 12.3. The molecule has 100 valence electrons. The van der Waals surface area contributed by atoms with Crippen LogP contribution in [-0.2, 0) is 9.53 Å². The van der Waals surface area contributed by atoms with Crippen LogP contribution in [0.15, 0.2) is 11.6 Å². The molecule has 0 aromatic rings. The smallest absolute Gasteiger partial charge is 0.249 e. The van der Waals surface area contributed by atoms with Crippen LogP contribution in [-0.4, -0.2) is 61.6 Å². The third-order valence-electron chi connectivity index (χ3n) is 4.34. The van der Waals surface area contributed by atoms with Crippen molar-refractivity contribution >= 4 is 5.91 Å². The molecule has 4 heteroatoms. The Balaban J connectivity index is 1.65. The number of ether oxygens (including phenoxy) is 1. The summed E-state index contributed by atoms with van der Waals surface area (Å²) in [5.41, 5.74) is 1.03. The Bertz CT molecular complexity index is 367. The first-order valence-electron chi connectivity index (χ1n) is 7.02. The molecule has 3 rings (SSSR count). The molecule has 2 heterocycles. The van der Waals surface area contributed by atoms with E-state index in [9.17, 15) is 4.79 Å². The van der Waals surface area contributed by atoms with E-state index < -0.39 is 0 Å². The third kappa shape index (κ3) is 2.31. The molecule has 1 amide bonds. The van der Waals surface area contributed by atoms with E-state index in [4.69, 9.17) is 4.74 Å². The molecule has 0 radical (unpaired) electrons. The molecule has 0 unspecified atom stereocenters. The van der Waals surface area contributed by atoms with Crippen molar-refractivity contribution in [2.75, 3.05) is 39.8 Å². The standard InChI is InChI=1S/C14H22N2O2/c1-15-6-7-18-13-10-16(9-12(13)8-15)14(17)11-4-2-3-5-11/h4,12-13H,2-3,5-10H2,1H3/t12-,13+/m1/s1. The number of carbonyl (C=O) groups is 1. The zero-order valence-electron chi connectivity index (χ0n) is 11.1. The quantitative estimate of drug-likeness (QED) is 0.693. The molecule has 0 spiro atoms. The van der Waals surface area contributed by atoms with Crippen LogP contribution in [0.25, 0.3) is 0 Å². The number of allylic oxidation sites excluding steroid dienone is 1. The summed E-state index contributed by atoms with van der Waals surface area (Å²) in [7, 11) is 2.13. The first-order valence-corrected chi connectivity index (χ1v) is 7.02. The van der Waals surface area contributed by atoms with Crippen LogP contribution in [0.1, 0.15) is 19.3 Å². The molecule has 2 saturated heterocycles. The van der Waals surface area contributed by atoms with Crippen LogP contribution in [0, 0.1) is 5.92 Å². The first kappa shape index (κ1) is 12.2. The van der Waals surface area contributed by atoms with E-state index in [0.29, 0.717) is 5.92 Å². The van der Waals surface area contributed by atoms with Gasteiger partial charge in [0.25, 0.3) is 0 Å². The van der Waals surface area contributed by atoms with Crippen molar-refractivity contribution in [3.63, 3.8) is 0 Å². The Kier molecular flexibility index (Phi) is 3.39. The Morgan fingerprint density at radius 2 is 2.28 bits per heavy atom. The summed E-state index contributed by atoms with van der Waals surface area (Å²) in [5.74, 6) is 0.746. The molecule has 0 saturated carbocycles. The highest BCUT2D eigenvalue weighted by atomic mass is 16.5. The van der Waals surface area contributed by atoms with E-state index in [1.165, 1.54) is 0 Å². The summed E-state index contributed by atoms with van der Waals surface area (Å²) in [6.45, 7) is 4.50. The van der Waals surface area contributed by atoms with Gasteiger partial charge in [0, 0.05) is 37.7 Å². The monoisotopic (exact) mass is 250 g/mol. The molecule has 4 nitrogen and oxygen atoms in total. The average molecular weight is 250 g/mol. The van der Waals surface area contributed by atoms with Gasteiger partial charge in [-0.1, -0.05) is 6.08 Å². The van der Waals surface area contributed by atoms with Crippen molar-refractivity contribution in [3.8, 4) is 0 Å². The molecule has 1 aliphatic carbocycles. The van der Waals surface area contributed by atoms with Gasteiger partial charge in [-0.25, -0.2) is 0 Å². The van der Waals surface area contributed by atoms with Crippen molar-refractivity contribution in [3.05, 3.63) is 11.6 Å². The second-order valence-corrected chi connectivity index (χ2v) is 5.76. The van der Waals surface area contributed by atoms with Crippen LogP contribution >= 0.6 is 0 Å². The lowest BCUT2D eigenvalue weighted by atomic mass is 10.1. The van der Waals surface area contributed by atoms with E-state index in [-0.39, 0.29) is 12.0 Å². The highest BCUT2D eigenvalue weighted by molar-refractivity contribution is 5.94. The van der Waals surface area contributed by atoms with Gasteiger partial charge in [0.1, 0.15) is 0 Å². The Morgan fingerprint density at radius 3 is 3.06 bits per heavy atom. The van der Waals surface area contributed by atoms with Gasteiger partial charge in [0.05, 0.1) is 12.7 Å². The van der Waals surface area contributed by atoms with Crippen molar-refractivity contribution in [2.45, 2.75) is 25.4 Å². The van der Waals surface area contributed by atoms with Crippen LogP contribution in [0.2, 0.25) is 0 Å². The Labute approximate surface area is 109 Å². The highest BCUT2D eigenvalue weighted by Crippen LogP contribution is 2.27. The zero-order chi connectivity index (χ0) is 12.5. The maximum absolute atomic E-state index is 12.3. The lowest BCUT2D eigenvalue weighted by Gasteiger charge is -2.19. The van der Waals surface area contributed by atoms with E-state index in [0.717, 1.165) is 57.6 Å². The summed E-state index contributed by atoms with van der Waals surface area (Å²) < 4.78 is 5.89. The van der Waals surface area contributed by atoms with Gasteiger partial charge in [-0.2, -0.15) is 0 Å². The maximum Gasteiger partial charge on any atom is 0.249 e. The summed E-state index contributed by atoms with van der Waals surface area (Å²) in [6.07, 6.45) is 5.54. The van der Waals surface area contributed by atoms with Crippen LogP contribution in [0.4, 0.5) is 0 Å². The number of rotatable bonds is 1. The van der Waals surface area contributed by atoms with Crippen LogP contribution in [0.5, 0.6) is 0 Å². The van der Waals surface area contributed by atoms with E-state index >= 15 is 0 Å². The third-order valence-corrected chi connectivity index (χ3v) is 4.34. The van der Waals surface area contributed by atoms with Gasteiger partial charge in [0.2, 0.25) is 5.91 Å². The number of hydrogen-bond acceptors (Lipinski definition) is 3. The van der Waals surface area contributed by atoms with E-state index in [1.807, 2.05) is 4.90 Å². The molecule has 0 N–H and O–H groups in total. The fourth-order valence-corrected chi connectivity index (χ4v) is 3.29. The molecule has 2 aliphatic heterocycles. The number of amides is 1. The number of hydrogen-bond donors (Lipinski definition) is 0. The van der Waals surface area contributed by atoms with Crippen LogP contribution in [0.3, 0.4) is 0 Å². The minimum absolute atomic E-state index is 0.251. The number of nitrogens with zero attached hydrogens (tertiary/aromatic N) is 2. The second-order valence-electron chi connectivity index (χ2n) is 5.76. The van der Waals surface area contributed by atoms with Crippen molar-refractivity contribution in [1.82, 2.24) is 9.80 Å². The van der Waals surface area contributed by atoms with Crippen molar-refractivity contribution in [1.29, 1.82) is 0 Å². The Hall–Kier alpha value is -0.870. The predicted molar refractivity (Wildman–Crippen MR) is 69.2 cm³/mol. The van der Waals surface area contributed by atoms with E-state index in [2.05, 4.69) is 18.0 Å². The topological polar surface area (TPSA) is 32.8 Å². The predicted octanol–water partition coefficient (Wildman–Crippen LogP) is 0.886. The fourth-order valence-electron chi connectivity index (χ4n) is 3.29. The van der Waals surface area contributed by atoms with Gasteiger partial charge in [-0.15, -0.1) is 0 Å². The molecule has 0 bridgehead atoms. The van der Waals surface area contributed by atoms with Gasteiger partial charge < -0.3 is 14.5 Å². The Morgan fingerprint density at radius 1 is 1.39 bits per heavy atom. The van der Waals surface area contributed by atoms with Gasteiger partial charge >= 0.3 is 0 Å². The molecule has 2 fully saturated rings. The SMILES string of the molecule is CN1CCO[C@H]2CN(C(=O)C3=CCCC3)C[C@H]2C1. The zero-order valence-corrected chi connectivity index (χ0v) is 11.1. The lowest BCUT2D eigenvalue weighted by Crippen LogP contribution is -2.32. The van der Waals surface area contributed by atoms with Gasteiger partial charge in [0.15, 0.2) is 0 Å². The summed E-state index contributed by atoms with van der Waals surface area (Å²) in [4.78, 5) is 16.7. The number of likely N-dealkylation sites (tertiary alicyclic amines) is 1. The largest absolute Gasteiger partial charge is 0.375 e. The average Bonchev–Trinajstić information content (AvgIpc) is 2.96. The van der Waals surface area contributed by atoms with Gasteiger partial charge in [-0.3, -0.25) is 4.79 Å². The minimum Gasteiger partial charge on any atom is -0.375 e. The van der Waals surface area contributed by atoms with Crippen LogP contribution < -0.4 is 0 Å². The summed E-state index contributed by atoms with van der Waals surface area (Å²) in [6, 6.07) is 0. The lowest BCUT2D eigenvalue weighted by molar-refractivity contribution is -0.126. The number of carbonyl (C=O) groups excluding carboxylic acids is 1. The molecule has 3 aliphatic rings. The molecule has 0 aromatic heterocycles. The molecule has 0 aromatic carbocycles. The number of likely N-dealkylation sites (N-methyl/N-ethyl adjacent to an activating group) is 1. The molecular weight excluding hydrogens is 228 g/mol. The highest BCUT2D eigenvalue weighted by Gasteiger charge is 2.38. The van der Waals surface area contributed by atoms with Crippen molar-refractivity contribution < 1.29 is 9.53 Å². The minimum atomic E-state index is 0.251. The summed E-state index contributed by atoms with van der Waals surface area (Å²) in [5, 5.41) is 0. The summed E-state index contributed by atoms with van der Waals surface area (Å²) >= 11 is 0. The molecule has 2 atom stereocenters. The molecule has 18 heavy (non-hydrogen) atoms. The first-order chi connectivity index (χ1) is 8.74. The fraction of sp³-hybridized carbons (Fsp3) is 0.786. The normalized spacial score (nSPS) is 33.2.